The summed E-state index contributed by atoms with van der Waals surface area (Å²) < 4.78 is 1.42. The van der Waals surface area contributed by atoms with Gasteiger partial charge in [0.1, 0.15) is 0 Å². The lowest BCUT2D eigenvalue weighted by Crippen LogP contribution is -2.35. The molecule has 0 bridgehead atoms. The van der Waals surface area contributed by atoms with Gasteiger partial charge in [0.05, 0.1) is 11.8 Å². The molecule has 1 aliphatic heterocycles. The molecule has 1 saturated heterocycles. The van der Waals surface area contributed by atoms with Crippen LogP contribution in [0.2, 0.25) is 0 Å². The molecule has 0 amide bonds. The van der Waals surface area contributed by atoms with Crippen LogP contribution in [-0.4, -0.2) is 43.8 Å². The maximum atomic E-state index is 11.8. The smallest absolute Gasteiger partial charge is 0.272 e. The average molecular weight is 248 g/mol. The predicted molar refractivity (Wildman–Crippen MR) is 66.3 cm³/mol. The van der Waals surface area contributed by atoms with Gasteiger partial charge in [-0.05, 0) is 12.8 Å². The van der Waals surface area contributed by atoms with Crippen molar-refractivity contribution in [2.75, 3.05) is 13.1 Å². The van der Waals surface area contributed by atoms with Crippen molar-refractivity contribution in [2.45, 2.75) is 25.5 Å². The lowest BCUT2D eigenvalue weighted by atomic mass is 10.1. The Kier molecular flexibility index (Phi) is 2.89. The number of nitrogens with zero attached hydrogens (tertiary/aromatic N) is 3. The van der Waals surface area contributed by atoms with Crippen molar-refractivity contribution in [3.63, 3.8) is 0 Å². The highest BCUT2D eigenvalue weighted by Crippen LogP contribution is 2.12. The van der Waals surface area contributed by atoms with Gasteiger partial charge in [-0.25, -0.2) is 9.50 Å². The Hall–Kier alpha value is -1.66. The van der Waals surface area contributed by atoms with Gasteiger partial charge in [0.15, 0.2) is 5.65 Å². The highest BCUT2D eigenvalue weighted by atomic mass is 16.3. The van der Waals surface area contributed by atoms with Gasteiger partial charge in [-0.1, -0.05) is 0 Å². The van der Waals surface area contributed by atoms with Crippen LogP contribution in [0.1, 0.15) is 18.5 Å². The quantitative estimate of drug-likeness (QED) is 0.783. The predicted octanol–water partition coefficient (Wildman–Crippen LogP) is -0.0207. The molecule has 96 valence electrons. The van der Waals surface area contributed by atoms with E-state index in [2.05, 4.69) is 15.0 Å². The molecule has 0 saturated carbocycles. The minimum Gasteiger partial charge on any atom is -0.393 e. The van der Waals surface area contributed by atoms with E-state index in [1.165, 1.54) is 4.52 Å². The Morgan fingerprint density at radius 1 is 1.44 bits per heavy atom. The summed E-state index contributed by atoms with van der Waals surface area (Å²) in [6.45, 7) is 2.38. The Labute approximate surface area is 104 Å². The fourth-order valence-electron chi connectivity index (χ4n) is 2.36. The van der Waals surface area contributed by atoms with Gasteiger partial charge in [-0.3, -0.25) is 14.8 Å². The number of likely N-dealkylation sites (tertiary alicyclic amines) is 1. The van der Waals surface area contributed by atoms with Gasteiger partial charge in [0.2, 0.25) is 0 Å². The number of hydrogen-bond acceptors (Lipinski definition) is 4. The second-order valence-corrected chi connectivity index (χ2v) is 4.75. The van der Waals surface area contributed by atoms with Crippen LogP contribution in [0.15, 0.2) is 23.1 Å². The van der Waals surface area contributed by atoms with Crippen molar-refractivity contribution in [1.82, 2.24) is 19.5 Å². The number of fused-ring (bicyclic) bond motifs is 1. The molecule has 18 heavy (non-hydrogen) atoms. The van der Waals surface area contributed by atoms with E-state index in [1.54, 1.807) is 18.3 Å². The Balaban J connectivity index is 1.80. The molecular weight excluding hydrogens is 232 g/mol. The standard InChI is InChI=1S/C12H16N4O2/c17-10-2-5-15(6-3-10)8-9-7-12(18)16-11(14-9)1-4-13-16/h1,4,7,10,13,17H,2-3,5-6,8H2. The molecule has 2 N–H and O–H groups in total. The van der Waals surface area contributed by atoms with Gasteiger partial charge in [-0.15, -0.1) is 0 Å². The first kappa shape index (κ1) is 11.4. The van der Waals surface area contributed by atoms with Crippen LogP contribution in [0.25, 0.3) is 5.65 Å². The summed E-state index contributed by atoms with van der Waals surface area (Å²) in [6.07, 6.45) is 3.12. The summed E-state index contributed by atoms with van der Waals surface area (Å²) in [5.41, 5.74) is 1.35. The van der Waals surface area contributed by atoms with Crippen LogP contribution in [0.4, 0.5) is 0 Å². The van der Waals surface area contributed by atoms with Gasteiger partial charge >= 0.3 is 0 Å². The fraction of sp³-hybridized carbons (Fsp3) is 0.500. The van der Waals surface area contributed by atoms with Crippen LogP contribution < -0.4 is 5.56 Å². The number of hydrogen-bond donors (Lipinski definition) is 2. The van der Waals surface area contributed by atoms with Crippen molar-refractivity contribution < 1.29 is 5.11 Å². The third kappa shape index (κ3) is 2.16. The van der Waals surface area contributed by atoms with E-state index in [0.29, 0.717) is 12.2 Å². The van der Waals surface area contributed by atoms with E-state index in [1.807, 2.05) is 0 Å². The molecule has 3 rings (SSSR count). The van der Waals surface area contributed by atoms with E-state index in [0.717, 1.165) is 31.6 Å². The second-order valence-electron chi connectivity index (χ2n) is 4.75. The molecule has 0 radical (unpaired) electrons. The number of aliphatic hydroxyl groups excluding tert-OH is 1. The third-order valence-electron chi connectivity index (χ3n) is 3.38. The minimum atomic E-state index is -0.174. The topological polar surface area (TPSA) is 73.6 Å². The van der Waals surface area contributed by atoms with Crippen molar-refractivity contribution in [3.8, 4) is 0 Å². The minimum absolute atomic E-state index is 0.0861. The van der Waals surface area contributed by atoms with Gasteiger partial charge < -0.3 is 5.11 Å². The maximum Gasteiger partial charge on any atom is 0.272 e. The summed E-state index contributed by atoms with van der Waals surface area (Å²) in [5.74, 6) is 0. The lowest BCUT2D eigenvalue weighted by Gasteiger charge is -2.28. The van der Waals surface area contributed by atoms with Crippen LogP contribution in [0.3, 0.4) is 0 Å². The number of aliphatic hydroxyl groups is 1. The molecule has 2 aromatic heterocycles. The number of piperidine rings is 1. The zero-order valence-corrected chi connectivity index (χ0v) is 10.0. The van der Waals surface area contributed by atoms with Gasteiger partial charge in [0, 0.05) is 38.0 Å². The van der Waals surface area contributed by atoms with E-state index in [9.17, 15) is 9.90 Å². The molecule has 0 aliphatic carbocycles. The first-order valence-corrected chi connectivity index (χ1v) is 6.19. The van der Waals surface area contributed by atoms with Crippen molar-refractivity contribution in [3.05, 3.63) is 34.4 Å². The SMILES string of the molecule is O=c1cc(CN2CCC(O)CC2)nc2cc[nH]n12. The average Bonchev–Trinajstić information content (AvgIpc) is 2.81. The molecule has 0 aromatic carbocycles. The molecule has 2 aromatic rings. The highest BCUT2D eigenvalue weighted by Gasteiger charge is 2.17. The first-order chi connectivity index (χ1) is 8.72. The van der Waals surface area contributed by atoms with Crippen LogP contribution in [0.5, 0.6) is 0 Å². The second kappa shape index (κ2) is 4.55. The number of nitrogens with one attached hydrogen (secondary N) is 1. The van der Waals surface area contributed by atoms with E-state index >= 15 is 0 Å². The van der Waals surface area contributed by atoms with Crippen LogP contribution >= 0.6 is 0 Å². The van der Waals surface area contributed by atoms with E-state index in [4.69, 9.17) is 0 Å². The van der Waals surface area contributed by atoms with Crippen LogP contribution in [-0.2, 0) is 6.54 Å². The molecule has 1 fully saturated rings. The molecule has 3 heterocycles. The van der Waals surface area contributed by atoms with Gasteiger partial charge in [0.25, 0.3) is 5.56 Å². The fourth-order valence-corrected chi connectivity index (χ4v) is 2.36. The molecule has 0 unspecified atom stereocenters. The molecule has 6 nitrogen and oxygen atoms in total. The molecule has 1 aliphatic rings. The zero-order valence-electron chi connectivity index (χ0n) is 10.0. The molecule has 6 heteroatoms. The van der Waals surface area contributed by atoms with Crippen molar-refractivity contribution in [2.24, 2.45) is 0 Å². The number of aromatic amines is 1. The summed E-state index contributed by atoms with van der Waals surface area (Å²) in [4.78, 5) is 18.4. The number of aromatic nitrogens is 3. The van der Waals surface area contributed by atoms with E-state index in [-0.39, 0.29) is 11.7 Å². The zero-order chi connectivity index (χ0) is 12.5. The summed E-state index contributed by atoms with van der Waals surface area (Å²) in [7, 11) is 0. The molecule has 0 atom stereocenters. The highest BCUT2D eigenvalue weighted by molar-refractivity contribution is 5.36. The van der Waals surface area contributed by atoms with E-state index < -0.39 is 0 Å². The van der Waals surface area contributed by atoms with Crippen molar-refractivity contribution >= 4 is 5.65 Å². The normalized spacial score (nSPS) is 18.5. The van der Waals surface area contributed by atoms with Crippen molar-refractivity contribution in [1.29, 1.82) is 0 Å². The largest absolute Gasteiger partial charge is 0.393 e. The Bertz CT molecular complexity index is 595. The molecular formula is C12H16N4O2. The monoisotopic (exact) mass is 248 g/mol. The number of H-pyrrole nitrogens is 1. The van der Waals surface area contributed by atoms with Gasteiger partial charge in [-0.2, -0.15) is 0 Å². The first-order valence-electron chi connectivity index (χ1n) is 6.19. The summed E-state index contributed by atoms with van der Waals surface area (Å²) in [6, 6.07) is 3.35. The number of rotatable bonds is 2. The Morgan fingerprint density at radius 2 is 2.22 bits per heavy atom. The van der Waals surface area contributed by atoms with Crippen LogP contribution in [0, 0.1) is 0 Å². The maximum absolute atomic E-state index is 11.8. The lowest BCUT2D eigenvalue weighted by molar-refractivity contribution is 0.0786. The third-order valence-corrected chi connectivity index (χ3v) is 3.38. The summed E-state index contributed by atoms with van der Waals surface area (Å²) in [5, 5.41) is 12.3. The molecule has 0 spiro atoms. The summed E-state index contributed by atoms with van der Waals surface area (Å²) >= 11 is 0. The Morgan fingerprint density at radius 3 is 3.00 bits per heavy atom.